The van der Waals surface area contributed by atoms with Gasteiger partial charge in [-0.1, -0.05) is 27.7 Å². The average Bonchev–Trinajstić information content (AvgIpc) is 2.13. The summed E-state index contributed by atoms with van der Waals surface area (Å²) in [7, 11) is 0. The van der Waals surface area contributed by atoms with Crippen LogP contribution in [0.2, 0.25) is 0 Å². The van der Waals surface area contributed by atoms with Gasteiger partial charge in [0.25, 0.3) is 0 Å². The van der Waals surface area contributed by atoms with Gasteiger partial charge in [0.1, 0.15) is 0 Å². The van der Waals surface area contributed by atoms with E-state index >= 15 is 0 Å². The topological polar surface area (TPSA) is 3.24 Å². The maximum Gasteiger partial charge on any atom is 0.00667 e. The first kappa shape index (κ1) is 12.3. The number of hydrogen-bond acceptors (Lipinski definition) is 2. The number of hydrogen-bond donors (Lipinski definition) is 1. The molecule has 0 bridgehead atoms. The summed E-state index contributed by atoms with van der Waals surface area (Å²) in [6, 6.07) is 0. The molecule has 74 valence electrons. The smallest absolute Gasteiger partial charge is 0.00667 e. The maximum absolute atomic E-state index is 4.51. The Morgan fingerprint density at radius 1 is 1.42 bits per heavy atom. The molecule has 0 radical (unpaired) electrons. The van der Waals surface area contributed by atoms with Gasteiger partial charge < -0.3 is 4.90 Å². The minimum absolute atomic E-state index is 0.641. The molecule has 1 nitrogen and oxygen atoms in total. The fraction of sp³-hybridized carbons (Fsp3) is 1.00. The quantitative estimate of drug-likeness (QED) is 0.621. The molecule has 1 aliphatic heterocycles. The second-order valence-corrected chi connectivity index (χ2v) is 3.89. The van der Waals surface area contributed by atoms with Gasteiger partial charge in [-0.3, -0.25) is 0 Å². The summed E-state index contributed by atoms with van der Waals surface area (Å²) in [6.45, 7) is 12.2. The molecule has 0 spiro atoms. The molecule has 1 aliphatic rings. The Balaban J connectivity index is 0.000000561. The predicted molar refractivity (Wildman–Crippen MR) is 60.0 cm³/mol. The Bertz CT molecular complexity index is 106. The fourth-order valence-electron chi connectivity index (χ4n) is 1.51. The van der Waals surface area contributed by atoms with Crippen molar-refractivity contribution in [2.45, 2.75) is 39.4 Å². The van der Waals surface area contributed by atoms with Crippen LogP contribution in [0.1, 0.15) is 34.1 Å². The Morgan fingerprint density at radius 2 is 2.00 bits per heavy atom. The summed E-state index contributed by atoms with van der Waals surface area (Å²) >= 11 is 4.51. The summed E-state index contributed by atoms with van der Waals surface area (Å²) in [5, 5.41) is 0.641. The summed E-state index contributed by atoms with van der Waals surface area (Å²) < 4.78 is 0. The number of thiol groups is 1. The highest BCUT2D eigenvalue weighted by Crippen LogP contribution is 2.20. The molecule has 0 saturated carbocycles. The Hall–Kier alpha value is 0.310. The van der Waals surface area contributed by atoms with Crippen LogP contribution in [0.4, 0.5) is 0 Å². The number of likely N-dealkylation sites (tertiary alicyclic amines) is 1. The SMILES string of the molecule is CC.CCN1CCC(S)C(C)C1. The van der Waals surface area contributed by atoms with Crippen LogP contribution in [-0.4, -0.2) is 29.8 Å². The van der Waals surface area contributed by atoms with Gasteiger partial charge in [-0.05, 0) is 25.4 Å². The Kier molecular flexibility index (Phi) is 6.96. The molecule has 0 N–H and O–H groups in total. The van der Waals surface area contributed by atoms with E-state index in [1.807, 2.05) is 13.8 Å². The van der Waals surface area contributed by atoms with Crippen LogP contribution >= 0.6 is 12.6 Å². The lowest BCUT2D eigenvalue weighted by Gasteiger charge is -2.33. The van der Waals surface area contributed by atoms with Crippen LogP contribution in [0.15, 0.2) is 0 Å². The van der Waals surface area contributed by atoms with Crippen molar-refractivity contribution in [2.75, 3.05) is 19.6 Å². The van der Waals surface area contributed by atoms with E-state index in [0.29, 0.717) is 5.25 Å². The molecule has 2 atom stereocenters. The first-order valence-corrected chi connectivity index (χ1v) is 5.66. The molecule has 1 fully saturated rings. The van der Waals surface area contributed by atoms with Gasteiger partial charge >= 0.3 is 0 Å². The van der Waals surface area contributed by atoms with Crippen molar-refractivity contribution < 1.29 is 0 Å². The average molecular weight is 189 g/mol. The van der Waals surface area contributed by atoms with E-state index in [4.69, 9.17) is 0 Å². The number of piperidine rings is 1. The van der Waals surface area contributed by atoms with E-state index in [1.165, 1.54) is 26.1 Å². The van der Waals surface area contributed by atoms with Crippen molar-refractivity contribution in [3.05, 3.63) is 0 Å². The molecule has 2 unspecified atom stereocenters. The first-order chi connectivity index (χ1) is 5.74. The van der Waals surface area contributed by atoms with Crippen molar-refractivity contribution in [2.24, 2.45) is 5.92 Å². The molecular weight excluding hydrogens is 166 g/mol. The van der Waals surface area contributed by atoms with Gasteiger partial charge in [-0.2, -0.15) is 12.6 Å². The lowest BCUT2D eigenvalue weighted by atomic mass is 10.00. The van der Waals surface area contributed by atoms with Gasteiger partial charge in [0.15, 0.2) is 0 Å². The van der Waals surface area contributed by atoms with E-state index < -0.39 is 0 Å². The molecule has 0 aromatic rings. The monoisotopic (exact) mass is 189 g/mol. The molecular formula is C10H23NS. The van der Waals surface area contributed by atoms with Gasteiger partial charge in [0, 0.05) is 11.8 Å². The highest BCUT2D eigenvalue weighted by Gasteiger charge is 2.21. The largest absolute Gasteiger partial charge is 0.303 e. The van der Waals surface area contributed by atoms with E-state index in [0.717, 1.165) is 5.92 Å². The second-order valence-electron chi connectivity index (χ2n) is 3.23. The van der Waals surface area contributed by atoms with Gasteiger partial charge in [-0.25, -0.2) is 0 Å². The minimum Gasteiger partial charge on any atom is -0.303 e. The van der Waals surface area contributed by atoms with Crippen molar-refractivity contribution >= 4 is 12.6 Å². The van der Waals surface area contributed by atoms with Gasteiger partial charge in [0.2, 0.25) is 0 Å². The van der Waals surface area contributed by atoms with Crippen LogP contribution in [0, 0.1) is 5.92 Å². The zero-order chi connectivity index (χ0) is 9.56. The molecule has 0 amide bonds. The van der Waals surface area contributed by atoms with Crippen molar-refractivity contribution in [1.82, 2.24) is 4.90 Å². The predicted octanol–water partition coefficient (Wildman–Crippen LogP) is 2.67. The van der Waals surface area contributed by atoms with Gasteiger partial charge in [-0.15, -0.1) is 0 Å². The lowest BCUT2D eigenvalue weighted by Crippen LogP contribution is -2.39. The van der Waals surface area contributed by atoms with Crippen molar-refractivity contribution in [3.63, 3.8) is 0 Å². The summed E-state index contributed by atoms with van der Waals surface area (Å²) in [6.07, 6.45) is 1.26. The molecule has 12 heavy (non-hydrogen) atoms. The molecule has 1 saturated heterocycles. The van der Waals surface area contributed by atoms with Crippen LogP contribution in [-0.2, 0) is 0 Å². The highest BCUT2D eigenvalue weighted by molar-refractivity contribution is 7.81. The normalized spacial score (nSPS) is 30.8. The van der Waals surface area contributed by atoms with Crippen LogP contribution in [0.3, 0.4) is 0 Å². The van der Waals surface area contributed by atoms with E-state index in [2.05, 4.69) is 31.4 Å². The molecule has 0 aromatic carbocycles. The molecule has 1 rings (SSSR count). The molecule has 1 heterocycles. The van der Waals surface area contributed by atoms with E-state index in [-0.39, 0.29) is 0 Å². The van der Waals surface area contributed by atoms with Crippen molar-refractivity contribution in [1.29, 1.82) is 0 Å². The highest BCUT2D eigenvalue weighted by atomic mass is 32.1. The van der Waals surface area contributed by atoms with E-state index in [9.17, 15) is 0 Å². The Labute approximate surface area is 82.9 Å². The lowest BCUT2D eigenvalue weighted by molar-refractivity contribution is 0.199. The molecule has 2 heteroatoms. The third-order valence-electron chi connectivity index (χ3n) is 2.39. The summed E-state index contributed by atoms with van der Waals surface area (Å²) in [4.78, 5) is 2.50. The summed E-state index contributed by atoms with van der Waals surface area (Å²) in [5.74, 6) is 0.775. The van der Waals surface area contributed by atoms with Crippen LogP contribution in [0.25, 0.3) is 0 Å². The number of rotatable bonds is 1. The molecule has 0 aromatic heterocycles. The third kappa shape index (κ3) is 3.81. The fourth-order valence-corrected chi connectivity index (χ4v) is 1.72. The van der Waals surface area contributed by atoms with Crippen molar-refractivity contribution in [3.8, 4) is 0 Å². The second kappa shape index (κ2) is 6.79. The molecule has 0 aliphatic carbocycles. The zero-order valence-electron chi connectivity index (χ0n) is 8.88. The first-order valence-electron chi connectivity index (χ1n) is 5.14. The van der Waals surface area contributed by atoms with Crippen LogP contribution in [0.5, 0.6) is 0 Å². The maximum atomic E-state index is 4.51. The minimum atomic E-state index is 0.641. The van der Waals surface area contributed by atoms with Crippen LogP contribution < -0.4 is 0 Å². The third-order valence-corrected chi connectivity index (χ3v) is 3.16. The summed E-state index contributed by atoms with van der Waals surface area (Å²) in [5.41, 5.74) is 0. The zero-order valence-corrected chi connectivity index (χ0v) is 9.77. The Morgan fingerprint density at radius 3 is 2.42 bits per heavy atom. The number of nitrogens with zero attached hydrogens (tertiary/aromatic N) is 1. The van der Waals surface area contributed by atoms with E-state index in [1.54, 1.807) is 0 Å². The standard InChI is InChI=1S/C8H17NS.C2H6/c1-3-9-5-4-8(10)7(2)6-9;1-2/h7-8,10H,3-6H2,1-2H3;1-2H3. The van der Waals surface area contributed by atoms with Gasteiger partial charge in [0.05, 0.1) is 0 Å².